The van der Waals surface area contributed by atoms with Gasteiger partial charge in [-0.1, -0.05) is 25.1 Å². The molecule has 1 N–H and O–H groups in total. The highest BCUT2D eigenvalue weighted by molar-refractivity contribution is 8.00. The third-order valence-electron chi connectivity index (χ3n) is 5.00. The number of carbonyl (C=O) groups is 2. The van der Waals surface area contributed by atoms with E-state index in [1.807, 2.05) is 50.2 Å². The topological polar surface area (TPSA) is 62.6 Å². The molecule has 4 rings (SSSR count). The predicted molar refractivity (Wildman–Crippen MR) is 112 cm³/mol. The normalized spacial score (nSPS) is 16.0. The Morgan fingerprint density at radius 2 is 2.04 bits per heavy atom. The molecule has 0 radical (unpaired) electrons. The number of amides is 2. The smallest absolute Gasteiger partial charge is 0.253 e. The quantitative estimate of drug-likeness (QED) is 0.697. The molecule has 5 nitrogen and oxygen atoms in total. The van der Waals surface area contributed by atoms with Gasteiger partial charge in [0.05, 0.1) is 10.9 Å². The first kappa shape index (κ1) is 18.6. The summed E-state index contributed by atoms with van der Waals surface area (Å²) in [5.41, 5.74) is 3.15. The van der Waals surface area contributed by atoms with Crippen LogP contribution in [0.1, 0.15) is 35.5 Å². The summed E-state index contributed by atoms with van der Waals surface area (Å²) in [7, 11) is 1.79. The van der Waals surface area contributed by atoms with Crippen LogP contribution in [0.15, 0.2) is 51.8 Å². The second-order valence-electron chi connectivity index (χ2n) is 6.97. The van der Waals surface area contributed by atoms with Crippen LogP contribution in [0.25, 0.3) is 11.0 Å². The minimum absolute atomic E-state index is 0.0343. The molecule has 0 spiro atoms. The summed E-state index contributed by atoms with van der Waals surface area (Å²) in [5, 5.41) is 3.80. The minimum Gasteiger partial charge on any atom is -0.461 e. The molecular weight excluding hydrogens is 372 g/mol. The van der Waals surface area contributed by atoms with Crippen LogP contribution in [0.5, 0.6) is 0 Å². The van der Waals surface area contributed by atoms with Gasteiger partial charge in [-0.25, -0.2) is 0 Å². The first-order valence-electron chi connectivity index (χ1n) is 9.34. The van der Waals surface area contributed by atoms with E-state index >= 15 is 0 Å². The van der Waals surface area contributed by atoms with Crippen molar-refractivity contribution in [3.8, 4) is 0 Å². The maximum absolute atomic E-state index is 13.0. The number of thioether (sulfide) groups is 1. The van der Waals surface area contributed by atoms with Gasteiger partial charge in [-0.05, 0) is 31.2 Å². The van der Waals surface area contributed by atoms with Gasteiger partial charge in [0.25, 0.3) is 5.91 Å². The van der Waals surface area contributed by atoms with Crippen molar-refractivity contribution >= 4 is 40.2 Å². The second-order valence-corrected chi connectivity index (χ2v) is 8.36. The van der Waals surface area contributed by atoms with E-state index in [4.69, 9.17) is 4.42 Å². The lowest BCUT2D eigenvalue weighted by atomic mass is 10.1. The zero-order valence-corrected chi connectivity index (χ0v) is 16.9. The highest BCUT2D eigenvalue weighted by Gasteiger charge is 2.25. The first-order chi connectivity index (χ1) is 13.5. The van der Waals surface area contributed by atoms with Crippen molar-refractivity contribution in [2.75, 3.05) is 12.4 Å². The van der Waals surface area contributed by atoms with Gasteiger partial charge in [-0.15, -0.1) is 11.8 Å². The summed E-state index contributed by atoms with van der Waals surface area (Å²) in [5.74, 6) is 0.782. The number of para-hydroxylation sites is 1. The number of hydrogen-bond donors (Lipinski definition) is 1. The molecular formula is C22H22N2O3S. The first-order valence-corrected chi connectivity index (χ1v) is 10.2. The van der Waals surface area contributed by atoms with Crippen molar-refractivity contribution in [2.45, 2.75) is 37.0 Å². The SMILES string of the molecule is CCc1oc2ccccc2c1CN(C)C(=O)c1ccc2c(c1)NC(=O)[C@@H](C)S2. The number of nitrogens with zero attached hydrogens (tertiary/aromatic N) is 1. The summed E-state index contributed by atoms with van der Waals surface area (Å²) in [6.07, 6.45) is 0.770. The predicted octanol–water partition coefficient (Wildman–Crippen LogP) is 4.70. The van der Waals surface area contributed by atoms with Crippen LogP contribution >= 0.6 is 11.8 Å². The fourth-order valence-corrected chi connectivity index (χ4v) is 4.41. The molecule has 1 aliphatic rings. The third-order valence-corrected chi connectivity index (χ3v) is 6.18. The monoisotopic (exact) mass is 394 g/mol. The highest BCUT2D eigenvalue weighted by atomic mass is 32.2. The third kappa shape index (κ3) is 3.29. The largest absolute Gasteiger partial charge is 0.461 e. The van der Waals surface area contributed by atoms with Crippen molar-refractivity contribution in [3.05, 3.63) is 59.4 Å². The number of anilines is 1. The number of aryl methyl sites for hydroxylation is 1. The molecule has 28 heavy (non-hydrogen) atoms. The number of rotatable bonds is 4. The Kier molecular flexibility index (Phi) is 4.89. The van der Waals surface area contributed by atoms with Gasteiger partial charge in [0, 0.05) is 41.4 Å². The van der Waals surface area contributed by atoms with E-state index in [-0.39, 0.29) is 17.1 Å². The van der Waals surface area contributed by atoms with Crippen molar-refractivity contribution in [1.29, 1.82) is 0 Å². The fourth-order valence-electron chi connectivity index (χ4n) is 3.48. The average molecular weight is 394 g/mol. The average Bonchev–Trinajstić information content (AvgIpc) is 3.05. The van der Waals surface area contributed by atoms with E-state index in [2.05, 4.69) is 5.32 Å². The molecule has 1 aliphatic heterocycles. The van der Waals surface area contributed by atoms with Crippen LogP contribution in [0, 0.1) is 0 Å². The number of nitrogens with one attached hydrogen (secondary N) is 1. The summed E-state index contributed by atoms with van der Waals surface area (Å²) in [4.78, 5) is 27.6. The summed E-state index contributed by atoms with van der Waals surface area (Å²) < 4.78 is 5.94. The van der Waals surface area contributed by atoms with E-state index in [9.17, 15) is 9.59 Å². The summed E-state index contributed by atoms with van der Waals surface area (Å²) in [6.45, 7) is 4.39. The molecule has 0 saturated carbocycles. The van der Waals surface area contributed by atoms with E-state index in [0.717, 1.165) is 33.6 Å². The highest BCUT2D eigenvalue weighted by Crippen LogP contribution is 2.36. The van der Waals surface area contributed by atoms with Crippen LogP contribution in [0.3, 0.4) is 0 Å². The molecule has 144 valence electrons. The Morgan fingerprint density at radius 1 is 1.25 bits per heavy atom. The zero-order chi connectivity index (χ0) is 19.8. The van der Waals surface area contributed by atoms with Gasteiger partial charge in [0.1, 0.15) is 11.3 Å². The van der Waals surface area contributed by atoms with Crippen molar-refractivity contribution in [3.63, 3.8) is 0 Å². The van der Waals surface area contributed by atoms with E-state index in [1.165, 1.54) is 11.8 Å². The van der Waals surface area contributed by atoms with Crippen LogP contribution in [-0.2, 0) is 17.8 Å². The maximum atomic E-state index is 13.0. The molecule has 0 bridgehead atoms. The molecule has 2 heterocycles. The zero-order valence-electron chi connectivity index (χ0n) is 16.1. The summed E-state index contributed by atoms with van der Waals surface area (Å²) in [6, 6.07) is 13.4. The van der Waals surface area contributed by atoms with E-state index in [1.54, 1.807) is 18.0 Å². The molecule has 0 aliphatic carbocycles. The molecule has 2 amide bonds. The van der Waals surface area contributed by atoms with Gasteiger partial charge < -0.3 is 14.6 Å². The van der Waals surface area contributed by atoms with Crippen LogP contribution in [0.4, 0.5) is 5.69 Å². The second kappa shape index (κ2) is 7.36. The van der Waals surface area contributed by atoms with Crippen molar-refractivity contribution in [2.24, 2.45) is 0 Å². The standard InChI is InChI=1S/C22H22N2O3S/c1-4-18-16(15-7-5-6-8-19(15)27-18)12-24(3)22(26)14-9-10-20-17(11-14)23-21(25)13(2)28-20/h5-11,13H,4,12H2,1-3H3,(H,23,25)/t13-/m1/s1. The Bertz CT molecular complexity index is 1070. The number of benzene rings is 2. The van der Waals surface area contributed by atoms with Gasteiger partial charge in [-0.2, -0.15) is 0 Å². The lowest BCUT2D eigenvalue weighted by Crippen LogP contribution is -2.28. The van der Waals surface area contributed by atoms with Gasteiger partial charge in [-0.3, -0.25) is 9.59 Å². The number of furan rings is 1. The van der Waals surface area contributed by atoms with Crippen molar-refractivity contribution < 1.29 is 14.0 Å². The van der Waals surface area contributed by atoms with E-state index < -0.39 is 0 Å². The maximum Gasteiger partial charge on any atom is 0.253 e. The Balaban J connectivity index is 1.60. The fraction of sp³-hybridized carbons (Fsp3) is 0.273. The lowest BCUT2D eigenvalue weighted by molar-refractivity contribution is -0.115. The lowest BCUT2D eigenvalue weighted by Gasteiger charge is -2.23. The van der Waals surface area contributed by atoms with E-state index in [0.29, 0.717) is 17.8 Å². The molecule has 1 atom stereocenters. The molecule has 0 saturated heterocycles. The molecule has 1 aromatic heterocycles. The van der Waals surface area contributed by atoms with Crippen LogP contribution < -0.4 is 5.32 Å². The van der Waals surface area contributed by atoms with Gasteiger partial charge in [0.15, 0.2) is 0 Å². The molecule has 6 heteroatoms. The number of hydrogen-bond acceptors (Lipinski definition) is 4. The van der Waals surface area contributed by atoms with Crippen molar-refractivity contribution in [1.82, 2.24) is 4.90 Å². The Labute approximate surface area is 168 Å². The summed E-state index contributed by atoms with van der Waals surface area (Å²) >= 11 is 1.51. The molecule has 2 aromatic carbocycles. The van der Waals surface area contributed by atoms with Gasteiger partial charge in [0.2, 0.25) is 5.91 Å². The molecule has 0 unspecified atom stereocenters. The van der Waals surface area contributed by atoms with Gasteiger partial charge >= 0.3 is 0 Å². The Hall–Kier alpha value is -2.73. The van der Waals surface area contributed by atoms with Crippen LogP contribution in [0.2, 0.25) is 0 Å². The van der Waals surface area contributed by atoms with Crippen LogP contribution in [-0.4, -0.2) is 29.0 Å². The number of carbonyl (C=O) groups excluding carboxylic acids is 2. The number of fused-ring (bicyclic) bond motifs is 2. The molecule has 0 fully saturated rings. The Morgan fingerprint density at radius 3 is 2.82 bits per heavy atom. The molecule has 3 aromatic rings. The minimum atomic E-state index is -0.126.